The van der Waals surface area contributed by atoms with E-state index in [0.29, 0.717) is 24.1 Å². The van der Waals surface area contributed by atoms with E-state index in [1.807, 2.05) is 16.8 Å². The highest BCUT2D eigenvalue weighted by atomic mass is 32.3. The van der Waals surface area contributed by atoms with Crippen molar-refractivity contribution in [2.24, 2.45) is 10.2 Å². The molecule has 6 N–H and O–H groups in total. The van der Waals surface area contributed by atoms with E-state index in [9.17, 15) is 28.5 Å². The van der Waals surface area contributed by atoms with Gasteiger partial charge in [-0.2, -0.15) is 16.1 Å². The Morgan fingerprint density at radius 3 is 2.58 bits per heavy atom. The Morgan fingerprint density at radius 1 is 1.25 bits per heavy atom. The minimum absolute atomic E-state index is 0.0486. The monoisotopic (exact) mass is 552 g/mol. The number of thiophene rings is 1. The van der Waals surface area contributed by atoms with Gasteiger partial charge in [0.1, 0.15) is 11.3 Å². The fraction of sp³-hybridized carbons (Fsp3) is 0.304. The fourth-order valence-corrected chi connectivity index (χ4v) is 6.25. The number of nitrogens with one attached hydrogen (secondary N) is 2. The van der Waals surface area contributed by atoms with Crippen LogP contribution in [0.3, 0.4) is 0 Å². The number of amidine groups is 1. The lowest BCUT2D eigenvalue weighted by atomic mass is 9.92. The zero-order valence-corrected chi connectivity index (χ0v) is 22.7. The van der Waals surface area contributed by atoms with Gasteiger partial charge in [0, 0.05) is 24.6 Å². The molecular formula is C23H29N4O6PS2. The van der Waals surface area contributed by atoms with Crippen molar-refractivity contribution < 1.29 is 23.7 Å². The van der Waals surface area contributed by atoms with Crippen molar-refractivity contribution in [3.8, 4) is 16.9 Å². The number of aryl methyl sites for hydroxylation is 1. The van der Waals surface area contributed by atoms with Gasteiger partial charge in [-0.3, -0.25) is 23.2 Å². The Bertz CT molecular complexity index is 1440. The molecule has 0 bridgehead atoms. The first-order valence-corrected chi connectivity index (χ1v) is 15.5. The normalized spacial score (nSPS) is 18.2. The Kier molecular flexibility index (Phi) is 6.89. The summed E-state index contributed by atoms with van der Waals surface area (Å²) in [5.41, 5.74) is 0.772. The van der Waals surface area contributed by atoms with Crippen LogP contribution in [0.1, 0.15) is 32.8 Å². The van der Waals surface area contributed by atoms with E-state index >= 15 is 0 Å². The molecule has 10 nitrogen and oxygen atoms in total. The predicted octanol–water partition coefficient (Wildman–Crippen LogP) is 5.11. The standard InChI is InChI=1S/C23H29N4O6PS2/c1-23(2,3)8-9-27-12-16(14-7-10-35-13-14)20(28)19(22(27)29)21-24-17-6-5-15(26-36(4,32)33)11-18(17)34(30,31)25-21/h5-7,10-13,26,28,32-33H,8-9H2,1-4H3,(H2,24,25,30,31). The van der Waals surface area contributed by atoms with Crippen molar-refractivity contribution in [2.75, 3.05) is 16.3 Å². The van der Waals surface area contributed by atoms with Gasteiger partial charge in [0.15, 0.2) is 5.84 Å². The summed E-state index contributed by atoms with van der Waals surface area (Å²) in [6.45, 7) is 6.56. The van der Waals surface area contributed by atoms with Crippen LogP contribution < -0.4 is 20.9 Å². The molecule has 0 amide bonds. The molecule has 3 heterocycles. The largest absolute Gasteiger partial charge is 0.506 e. The maximum Gasteiger partial charge on any atom is 0.346 e. The molecule has 194 valence electrons. The van der Waals surface area contributed by atoms with Gasteiger partial charge < -0.3 is 19.9 Å². The molecule has 1 unspecified atom stereocenters. The molecule has 1 atom stereocenters. The molecular weight excluding hydrogens is 523 g/mol. The smallest absolute Gasteiger partial charge is 0.346 e. The maximum atomic E-state index is 13.5. The molecule has 36 heavy (non-hydrogen) atoms. The number of aromatic nitrogens is 1. The van der Waals surface area contributed by atoms with E-state index in [2.05, 4.69) is 35.6 Å². The highest BCUT2D eigenvalue weighted by molar-refractivity contribution is 8.24. The molecule has 3 aromatic rings. The number of fused-ring (bicyclic) bond motifs is 1. The Morgan fingerprint density at radius 2 is 1.97 bits per heavy atom. The second-order valence-corrected chi connectivity index (χ2v) is 14.3. The topological polar surface area (TPSA) is 156 Å². The quantitative estimate of drug-likeness (QED) is 0.230. The number of anilines is 2. The summed E-state index contributed by atoms with van der Waals surface area (Å²) in [6.07, 6.45) is 3.48. The van der Waals surface area contributed by atoms with Gasteiger partial charge in [-0.05, 0) is 52.4 Å². The summed E-state index contributed by atoms with van der Waals surface area (Å²) in [4.78, 5) is 24.3. The summed E-state index contributed by atoms with van der Waals surface area (Å²) >= 11 is 1.44. The number of rotatable bonds is 6. The molecule has 0 radical (unpaired) electrons. The minimum atomic E-state index is -4.39. The first-order valence-electron chi connectivity index (χ1n) is 11.0. The van der Waals surface area contributed by atoms with Gasteiger partial charge in [-0.25, -0.2) is 0 Å². The SMILES string of the molecule is CC(C)(C)CCn1cc(-c2ccsc2)c(O)c(C2=NP(=O)(O)c3cc(NS(C)(O)O)ccc3N2)c1=O. The first kappa shape index (κ1) is 26.5. The average Bonchev–Trinajstić information content (AvgIpc) is 3.26. The molecule has 1 aliphatic rings. The highest BCUT2D eigenvalue weighted by Crippen LogP contribution is 2.48. The van der Waals surface area contributed by atoms with Gasteiger partial charge in [-0.15, -0.1) is 10.8 Å². The van der Waals surface area contributed by atoms with Gasteiger partial charge >= 0.3 is 7.52 Å². The first-order chi connectivity index (χ1) is 16.6. The van der Waals surface area contributed by atoms with E-state index in [1.165, 1.54) is 40.4 Å². The van der Waals surface area contributed by atoms with Crippen LogP contribution in [0.15, 0.2) is 50.8 Å². The second-order valence-electron chi connectivity index (χ2n) is 9.87. The summed E-state index contributed by atoms with van der Waals surface area (Å²) in [7, 11) is -7.50. The second kappa shape index (κ2) is 9.37. The molecule has 0 aliphatic carbocycles. The summed E-state index contributed by atoms with van der Waals surface area (Å²) in [5, 5.41) is 17.7. The van der Waals surface area contributed by atoms with Gasteiger partial charge in [0.05, 0.1) is 16.7 Å². The van der Waals surface area contributed by atoms with Crippen LogP contribution in [-0.4, -0.2) is 35.8 Å². The van der Waals surface area contributed by atoms with Crippen LogP contribution >= 0.6 is 29.6 Å². The van der Waals surface area contributed by atoms with Crippen LogP contribution in [-0.2, 0) is 11.1 Å². The molecule has 2 aromatic heterocycles. The zero-order valence-electron chi connectivity index (χ0n) is 20.2. The van der Waals surface area contributed by atoms with Crippen molar-refractivity contribution in [3.05, 3.63) is 57.1 Å². The van der Waals surface area contributed by atoms with Crippen molar-refractivity contribution in [3.63, 3.8) is 0 Å². The van der Waals surface area contributed by atoms with Crippen molar-refractivity contribution in [1.29, 1.82) is 0 Å². The van der Waals surface area contributed by atoms with Crippen molar-refractivity contribution in [2.45, 2.75) is 33.7 Å². The van der Waals surface area contributed by atoms with E-state index in [0.717, 1.165) is 0 Å². The average molecular weight is 553 g/mol. The van der Waals surface area contributed by atoms with Gasteiger partial charge in [0.2, 0.25) is 0 Å². The fourth-order valence-electron chi connectivity index (χ4n) is 3.74. The Labute approximate surface area is 214 Å². The lowest BCUT2D eigenvalue weighted by Crippen LogP contribution is -2.33. The summed E-state index contributed by atoms with van der Waals surface area (Å²) in [6, 6.07) is 6.08. The van der Waals surface area contributed by atoms with Crippen LogP contribution in [0.25, 0.3) is 11.1 Å². The molecule has 4 rings (SSSR count). The lowest BCUT2D eigenvalue weighted by Gasteiger charge is -2.30. The molecule has 0 saturated heterocycles. The third-order valence-electron chi connectivity index (χ3n) is 5.53. The number of aromatic hydroxyl groups is 1. The van der Waals surface area contributed by atoms with Crippen LogP contribution in [0.4, 0.5) is 11.4 Å². The molecule has 0 fully saturated rings. The lowest BCUT2D eigenvalue weighted by molar-refractivity contribution is 0.347. The highest BCUT2D eigenvalue weighted by Gasteiger charge is 2.34. The van der Waals surface area contributed by atoms with E-state index in [4.69, 9.17) is 0 Å². The predicted molar refractivity (Wildman–Crippen MR) is 148 cm³/mol. The Hall–Kier alpha value is -2.60. The van der Waals surface area contributed by atoms with Crippen molar-refractivity contribution in [1.82, 2.24) is 4.57 Å². The molecule has 0 spiro atoms. The molecule has 1 aromatic carbocycles. The maximum absolute atomic E-state index is 13.5. The van der Waals surface area contributed by atoms with Crippen LogP contribution in [0, 0.1) is 5.41 Å². The van der Waals surface area contributed by atoms with Crippen LogP contribution in [0.5, 0.6) is 5.75 Å². The molecule has 13 heteroatoms. The van der Waals surface area contributed by atoms with Gasteiger partial charge in [0.25, 0.3) is 5.56 Å². The van der Waals surface area contributed by atoms with E-state index < -0.39 is 23.9 Å². The third-order valence-corrected chi connectivity index (χ3v) is 8.31. The van der Waals surface area contributed by atoms with Crippen LogP contribution in [0.2, 0.25) is 0 Å². The molecule has 0 saturated carbocycles. The third kappa shape index (κ3) is 5.69. The number of benzene rings is 1. The van der Waals surface area contributed by atoms with Crippen molar-refractivity contribution >= 4 is 52.1 Å². The van der Waals surface area contributed by atoms with E-state index in [1.54, 1.807) is 6.20 Å². The molecule has 1 aliphatic heterocycles. The van der Waals surface area contributed by atoms with E-state index in [-0.39, 0.29) is 39.2 Å². The van der Waals surface area contributed by atoms with Gasteiger partial charge in [-0.1, -0.05) is 20.8 Å². The number of hydrogen-bond acceptors (Lipinski definition) is 8. The minimum Gasteiger partial charge on any atom is -0.506 e. The zero-order chi connectivity index (χ0) is 26.5. The number of hydrogen-bond donors (Lipinski definition) is 6. The number of pyridine rings is 1. The summed E-state index contributed by atoms with van der Waals surface area (Å²) in [5.74, 6) is -0.545. The summed E-state index contributed by atoms with van der Waals surface area (Å²) < 4.78 is 40.5. The Balaban J connectivity index is 1.84. The number of nitrogens with zero attached hydrogens (tertiary/aromatic N) is 2.